The molecule has 0 radical (unpaired) electrons. The van der Waals surface area contributed by atoms with Crippen molar-refractivity contribution in [2.24, 2.45) is 0 Å². The lowest BCUT2D eigenvalue weighted by Crippen LogP contribution is -2.51. The molecular weight excluding hydrogens is 520 g/mol. The second-order valence-corrected chi connectivity index (χ2v) is 8.07. The molecule has 0 atom stereocenters. The molecule has 27 heavy (non-hydrogen) atoms. The zero-order valence-corrected chi connectivity index (χ0v) is 18.3. The van der Waals surface area contributed by atoms with Crippen LogP contribution in [-0.4, -0.2) is 16.9 Å². The molecule has 9 heteroatoms. The largest absolute Gasteiger partial charge is 0.487 e. The Hall–Kier alpha value is -1.74. The smallest absolute Gasteiger partial charge is 0.263 e. The van der Waals surface area contributed by atoms with E-state index in [0.29, 0.717) is 20.8 Å². The molecule has 0 aliphatic carbocycles. The van der Waals surface area contributed by atoms with Gasteiger partial charge in [-0.2, -0.15) is 0 Å². The molecule has 0 saturated carbocycles. The lowest BCUT2D eigenvalue weighted by molar-refractivity contribution is -0.123. The maximum Gasteiger partial charge on any atom is 0.263 e. The highest BCUT2D eigenvalue weighted by Crippen LogP contribution is 2.35. The van der Waals surface area contributed by atoms with Crippen LogP contribution in [0.3, 0.4) is 0 Å². The van der Waals surface area contributed by atoms with Crippen LogP contribution in [0.4, 0.5) is 0 Å². The molecule has 2 N–H and O–H groups in total. The lowest BCUT2D eigenvalue weighted by atomic mass is 10.1. The molecule has 2 amide bonds. The Labute approximate surface area is 182 Å². The average molecular weight is 531 g/mol. The molecular formula is C18H11Br2ClN2O3S. The van der Waals surface area contributed by atoms with Crippen molar-refractivity contribution in [1.82, 2.24) is 10.6 Å². The number of amides is 2. The third-order valence-electron chi connectivity index (χ3n) is 3.61. The number of nitrogens with one attached hydrogen (secondary N) is 2. The van der Waals surface area contributed by atoms with Gasteiger partial charge in [0.25, 0.3) is 11.8 Å². The number of halogens is 3. The first-order valence-electron chi connectivity index (χ1n) is 7.59. The van der Waals surface area contributed by atoms with Crippen molar-refractivity contribution in [1.29, 1.82) is 0 Å². The van der Waals surface area contributed by atoms with Crippen molar-refractivity contribution < 1.29 is 14.3 Å². The van der Waals surface area contributed by atoms with Gasteiger partial charge in [0.1, 0.15) is 17.9 Å². The van der Waals surface area contributed by atoms with E-state index in [1.165, 1.54) is 6.08 Å². The summed E-state index contributed by atoms with van der Waals surface area (Å²) in [6.45, 7) is 0.221. The van der Waals surface area contributed by atoms with Gasteiger partial charge in [-0.05, 0) is 52.4 Å². The number of carbonyl (C=O) groups excluding carboxylic acids is 2. The fraction of sp³-hybridized carbons (Fsp3) is 0.0556. The van der Waals surface area contributed by atoms with E-state index in [4.69, 9.17) is 28.6 Å². The Bertz CT molecular complexity index is 973. The van der Waals surface area contributed by atoms with Crippen LogP contribution in [0.1, 0.15) is 11.1 Å². The lowest BCUT2D eigenvalue weighted by Gasteiger charge is -2.18. The summed E-state index contributed by atoms with van der Waals surface area (Å²) in [6, 6.07) is 10.9. The van der Waals surface area contributed by atoms with Crippen molar-refractivity contribution in [3.8, 4) is 5.75 Å². The second-order valence-electron chi connectivity index (χ2n) is 5.48. The van der Waals surface area contributed by atoms with E-state index in [2.05, 4.69) is 42.5 Å². The summed E-state index contributed by atoms with van der Waals surface area (Å²) < 4.78 is 7.34. The number of carbonyl (C=O) groups is 2. The highest BCUT2D eigenvalue weighted by molar-refractivity contribution is 9.11. The topological polar surface area (TPSA) is 67.4 Å². The number of ether oxygens (including phenoxy) is 1. The highest BCUT2D eigenvalue weighted by Gasteiger charge is 2.26. The molecule has 0 spiro atoms. The normalized spacial score (nSPS) is 13.9. The summed E-state index contributed by atoms with van der Waals surface area (Å²) in [7, 11) is 0. The van der Waals surface area contributed by atoms with Gasteiger partial charge in [-0.25, -0.2) is 0 Å². The first-order valence-corrected chi connectivity index (χ1v) is 9.96. The quantitative estimate of drug-likeness (QED) is 0.350. The zero-order chi connectivity index (χ0) is 19.6. The van der Waals surface area contributed by atoms with Gasteiger partial charge in [0.05, 0.1) is 4.47 Å². The molecule has 0 bridgehead atoms. The fourth-order valence-corrected chi connectivity index (χ4v) is 4.12. The van der Waals surface area contributed by atoms with Gasteiger partial charge < -0.3 is 4.74 Å². The van der Waals surface area contributed by atoms with Crippen LogP contribution in [0.15, 0.2) is 50.9 Å². The summed E-state index contributed by atoms with van der Waals surface area (Å²) in [5.74, 6) is -0.673. The third-order valence-corrected chi connectivity index (χ3v) is 5.23. The minimum absolute atomic E-state index is 0.0206. The minimum Gasteiger partial charge on any atom is -0.487 e. The van der Waals surface area contributed by atoms with Crippen LogP contribution in [-0.2, 0) is 16.2 Å². The molecule has 2 aromatic carbocycles. The van der Waals surface area contributed by atoms with E-state index < -0.39 is 11.8 Å². The van der Waals surface area contributed by atoms with Crippen molar-refractivity contribution in [2.45, 2.75) is 6.61 Å². The SMILES string of the molecule is O=C1NC(=S)NC(=O)C1=Cc1cc(Br)cc(Br)c1OCc1ccccc1Cl. The summed E-state index contributed by atoms with van der Waals surface area (Å²) in [5, 5.41) is 5.38. The maximum atomic E-state index is 12.1. The van der Waals surface area contributed by atoms with Gasteiger partial charge >= 0.3 is 0 Å². The number of rotatable bonds is 4. The Balaban J connectivity index is 1.97. The first-order chi connectivity index (χ1) is 12.8. The third kappa shape index (κ3) is 4.76. The monoisotopic (exact) mass is 528 g/mol. The summed E-state index contributed by atoms with van der Waals surface area (Å²) in [6.07, 6.45) is 1.45. The number of hydrogen-bond donors (Lipinski definition) is 2. The Kier molecular flexibility index (Phi) is 6.31. The van der Waals surface area contributed by atoms with E-state index in [9.17, 15) is 9.59 Å². The van der Waals surface area contributed by atoms with Crippen molar-refractivity contribution in [3.05, 3.63) is 67.1 Å². The molecule has 0 unspecified atom stereocenters. The van der Waals surface area contributed by atoms with Crippen LogP contribution < -0.4 is 15.4 Å². The zero-order valence-electron chi connectivity index (χ0n) is 13.5. The molecule has 1 aliphatic rings. The van der Waals surface area contributed by atoms with Gasteiger partial charge in [0.2, 0.25) is 0 Å². The van der Waals surface area contributed by atoms with Crippen LogP contribution in [0.25, 0.3) is 6.08 Å². The van der Waals surface area contributed by atoms with Crippen molar-refractivity contribution in [3.63, 3.8) is 0 Å². The molecule has 1 aliphatic heterocycles. The molecule has 1 saturated heterocycles. The molecule has 1 fully saturated rings. The predicted molar refractivity (Wildman–Crippen MR) is 114 cm³/mol. The molecule has 3 rings (SSSR count). The van der Waals surface area contributed by atoms with Crippen LogP contribution in [0, 0.1) is 0 Å². The van der Waals surface area contributed by atoms with E-state index in [1.54, 1.807) is 18.2 Å². The Morgan fingerprint density at radius 2 is 1.78 bits per heavy atom. The summed E-state index contributed by atoms with van der Waals surface area (Å²) in [5.41, 5.74) is 1.28. The van der Waals surface area contributed by atoms with E-state index in [0.717, 1.165) is 10.0 Å². The fourth-order valence-electron chi connectivity index (χ4n) is 2.37. The molecule has 0 aromatic heterocycles. The van der Waals surface area contributed by atoms with Gasteiger partial charge in [0, 0.05) is 20.6 Å². The van der Waals surface area contributed by atoms with Gasteiger partial charge in [0.15, 0.2) is 5.11 Å². The minimum atomic E-state index is -0.572. The van der Waals surface area contributed by atoms with Crippen molar-refractivity contribution >= 4 is 78.7 Å². The summed E-state index contributed by atoms with van der Waals surface area (Å²) in [4.78, 5) is 24.2. The van der Waals surface area contributed by atoms with Crippen molar-refractivity contribution in [2.75, 3.05) is 0 Å². The maximum absolute atomic E-state index is 12.1. The average Bonchev–Trinajstić information content (AvgIpc) is 2.58. The Morgan fingerprint density at radius 3 is 2.44 bits per heavy atom. The van der Waals surface area contributed by atoms with Crippen LogP contribution in [0.2, 0.25) is 5.02 Å². The molecule has 5 nitrogen and oxygen atoms in total. The number of thiocarbonyl (C=S) groups is 1. The molecule has 1 heterocycles. The summed E-state index contributed by atoms with van der Waals surface area (Å²) >= 11 is 17.8. The van der Waals surface area contributed by atoms with Gasteiger partial charge in [-0.3, -0.25) is 20.2 Å². The van der Waals surface area contributed by atoms with E-state index >= 15 is 0 Å². The standard InChI is InChI=1S/C18H11Br2ClN2O3S/c19-11-5-10(6-12-16(24)22-18(27)23-17(12)25)15(13(20)7-11)26-8-9-3-1-2-4-14(9)21/h1-7H,8H2,(H2,22,23,24,25,27). The number of benzene rings is 2. The molecule has 2 aromatic rings. The van der Waals surface area contributed by atoms with Gasteiger partial charge in [-0.1, -0.05) is 45.7 Å². The first kappa shape index (κ1) is 20.0. The highest BCUT2D eigenvalue weighted by atomic mass is 79.9. The Morgan fingerprint density at radius 1 is 1.11 bits per heavy atom. The second kappa shape index (κ2) is 8.52. The number of hydrogen-bond acceptors (Lipinski definition) is 4. The van der Waals surface area contributed by atoms with Gasteiger partial charge in [-0.15, -0.1) is 0 Å². The van der Waals surface area contributed by atoms with E-state index in [-0.39, 0.29) is 17.3 Å². The van der Waals surface area contributed by atoms with Crippen LogP contribution >= 0.6 is 55.7 Å². The molecule has 138 valence electrons. The van der Waals surface area contributed by atoms with E-state index in [1.807, 2.05) is 18.2 Å². The predicted octanol–water partition coefficient (Wildman–Crippen LogP) is 4.36. The van der Waals surface area contributed by atoms with Crippen LogP contribution in [0.5, 0.6) is 5.75 Å².